The zero-order chi connectivity index (χ0) is 9.19. The van der Waals surface area contributed by atoms with Gasteiger partial charge in [-0.3, -0.25) is 0 Å². The van der Waals surface area contributed by atoms with Crippen molar-refractivity contribution < 1.29 is 5.11 Å². The molecule has 1 heterocycles. The molecule has 1 aromatic heterocycles. The molecule has 0 fully saturated rings. The lowest BCUT2D eigenvalue weighted by molar-refractivity contribution is 0.218. The second-order valence-electron chi connectivity index (χ2n) is 3.24. The fourth-order valence-electron chi connectivity index (χ4n) is 0.783. The van der Waals surface area contributed by atoms with Crippen molar-refractivity contribution in [3.8, 4) is 0 Å². The fourth-order valence-corrected chi connectivity index (χ4v) is 1.67. The zero-order valence-electron chi connectivity index (χ0n) is 6.99. The van der Waals surface area contributed by atoms with Crippen LogP contribution in [0.25, 0.3) is 0 Å². The van der Waals surface area contributed by atoms with Gasteiger partial charge < -0.3 is 5.11 Å². The lowest BCUT2D eigenvalue weighted by Gasteiger charge is -2.18. The molecule has 0 atom stereocenters. The van der Waals surface area contributed by atoms with E-state index in [1.54, 1.807) is 10.3 Å². The Bertz CT molecular complexity index is 262. The fraction of sp³-hybridized carbons (Fsp3) is 0.571. The van der Waals surface area contributed by atoms with Gasteiger partial charge in [-0.2, -0.15) is 5.10 Å². The topological polar surface area (TPSA) is 38.1 Å². The van der Waals surface area contributed by atoms with Crippen molar-refractivity contribution in [1.82, 2.24) is 9.19 Å². The van der Waals surface area contributed by atoms with Crippen molar-refractivity contribution >= 4 is 30.3 Å². The number of hydrogen-bond acceptors (Lipinski definition) is 3. The molecule has 0 radical (unpaired) electrons. The maximum Gasteiger partial charge on any atom is 0.0539 e. The summed E-state index contributed by atoms with van der Waals surface area (Å²) in [5.74, 6) is 0. The van der Waals surface area contributed by atoms with Crippen molar-refractivity contribution in [1.29, 1.82) is 0 Å². The number of halogens is 1. The Morgan fingerprint density at radius 3 is 2.83 bits per heavy atom. The van der Waals surface area contributed by atoms with Crippen LogP contribution in [0.5, 0.6) is 0 Å². The quantitative estimate of drug-likeness (QED) is 0.867. The Kier molecular flexibility index (Phi) is 3.42. The van der Waals surface area contributed by atoms with Crippen LogP contribution in [0.2, 0.25) is 0 Å². The summed E-state index contributed by atoms with van der Waals surface area (Å²) in [4.78, 5) is 0. The first-order valence-corrected chi connectivity index (χ1v) is 6.87. The normalized spacial score (nSPS) is 12.0. The maximum atomic E-state index is 9.08. The van der Waals surface area contributed by atoms with Crippen molar-refractivity contribution in [3.05, 3.63) is 18.0 Å². The van der Waals surface area contributed by atoms with Gasteiger partial charge in [0.25, 0.3) is 0 Å². The Morgan fingerprint density at radius 2 is 2.42 bits per heavy atom. The minimum absolute atomic E-state index is 0.143. The molecule has 0 saturated carbocycles. The summed E-state index contributed by atoms with van der Waals surface area (Å²) in [6.45, 7) is 4.13. The van der Waals surface area contributed by atoms with Gasteiger partial charge in [0.15, 0.2) is 0 Å². The Balaban J connectivity index is 2.88. The van der Waals surface area contributed by atoms with E-state index in [0.29, 0.717) is 0 Å². The van der Waals surface area contributed by atoms with E-state index in [4.69, 9.17) is 5.11 Å². The van der Waals surface area contributed by atoms with Gasteiger partial charge in [-0.1, -0.05) is 13.8 Å². The molecular formula is C7H11IN2OS. The predicted octanol–water partition coefficient (Wildman–Crippen LogP) is 2.00. The minimum Gasteiger partial charge on any atom is -0.395 e. The van der Waals surface area contributed by atoms with Crippen LogP contribution in [0.1, 0.15) is 19.4 Å². The molecule has 1 aromatic rings. The predicted molar refractivity (Wildman–Crippen MR) is 59.3 cm³/mol. The first-order valence-electron chi connectivity index (χ1n) is 3.55. The van der Waals surface area contributed by atoms with Crippen LogP contribution in [-0.4, -0.2) is 20.9 Å². The Labute approximate surface area is 88.3 Å². The molecule has 1 rings (SSSR count). The highest BCUT2D eigenvalue weighted by molar-refractivity contribution is 14.2. The van der Waals surface area contributed by atoms with E-state index in [1.165, 1.54) is 9.12 Å². The average Bonchev–Trinajstić information content (AvgIpc) is 2.52. The SMILES string of the molecule is CC(C)(CO)c1cnn(SI)c1. The number of hydrogen-bond donors (Lipinski definition) is 1. The van der Waals surface area contributed by atoms with Crippen molar-refractivity contribution in [2.24, 2.45) is 0 Å². The van der Waals surface area contributed by atoms with Crippen molar-refractivity contribution in [2.45, 2.75) is 19.3 Å². The van der Waals surface area contributed by atoms with Crippen LogP contribution in [0.4, 0.5) is 0 Å². The molecule has 0 aliphatic carbocycles. The smallest absolute Gasteiger partial charge is 0.0539 e. The largest absolute Gasteiger partial charge is 0.395 e. The summed E-state index contributed by atoms with van der Waals surface area (Å²) in [6.07, 6.45) is 3.73. The minimum atomic E-state index is -0.190. The average molecular weight is 298 g/mol. The molecule has 12 heavy (non-hydrogen) atoms. The van der Waals surface area contributed by atoms with E-state index in [9.17, 15) is 0 Å². The van der Waals surface area contributed by atoms with Crippen LogP contribution in [0, 0.1) is 0 Å². The molecule has 1 N–H and O–H groups in total. The van der Waals surface area contributed by atoms with Gasteiger partial charge in [0.2, 0.25) is 0 Å². The van der Waals surface area contributed by atoms with E-state index in [2.05, 4.69) is 26.3 Å². The third-order valence-corrected chi connectivity index (χ3v) is 3.36. The third kappa shape index (κ3) is 2.14. The van der Waals surface area contributed by atoms with Crippen LogP contribution in [0.15, 0.2) is 12.4 Å². The Hall–Kier alpha value is 0.250. The molecule has 0 spiro atoms. The van der Waals surface area contributed by atoms with Gasteiger partial charge in [-0.25, -0.2) is 4.09 Å². The lowest BCUT2D eigenvalue weighted by Crippen LogP contribution is -2.21. The van der Waals surface area contributed by atoms with E-state index < -0.39 is 0 Å². The summed E-state index contributed by atoms with van der Waals surface area (Å²) in [5, 5.41) is 13.2. The standard InChI is InChI=1S/C7H11IN2OS/c1-7(2,5-11)6-3-9-10(4-6)12-8/h3-4,11H,5H2,1-2H3. The van der Waals surface area contributed by atoms with E-state index >= 15 is 0 Å². The molecule has 0 saturated heterocycles. The monoisotopic (exact) mass is 298 g/mol. The van der Waals surface area contributed by atoms with Gasteiger partial charge in [0, 0.05) is 41.9 Å². The van der Waals surface area contributed by atoms with Crippen LogP contribution < -0.4 is 0 Å². The second-order valence-corrected chi connectivity index (χ2v) is 4.94. The molecule has 0 aliphatic heterocycles. The molecule has 0 bridgehead atoms. The van der Waals surface area contributed by atoms with E-state index in [-0.39, 0.29) is 12.0 Å². The molecule has 0 aliphatic rings. The van der Waals surface area contributed by atoms with Crippen LogP contribution >= 0.6 is 30.3 Å². The van der Waals surface area contributed by atoms with Gasteiger partial charge in [0.1, 0.15) is 0 Å². The van der Waals surface area contributed by atoms with Gasteiger partial charge >= 0.3 is 0 Å². The maximum absolute atomic E-state index is 9.08. The molecular weight excluding hydrogens is 287 g/mol. The summed E-state index contributed by atoms with van der Waals surface area (Å²) in [6, 6.07) is 0. The molecule has 68 valence electrons. The van der Waals surface area contributed by atoms with Gasteiger partial charge in [0.05, 0.1) is 12.8 Å². The number of aliphatic hydroxyl groups excluding tert-OH is 1. The first-order chi connectivity index (χ1) is 5.60. The first kappa shape index (κ1) is 10.3. The highest BCUT2D eigenvalue weighted by Gasteiger charge is 2.20. The summed E-state index contributed by atoms with van der Waals surface area (Å²) >= 11 is 2.16. The zero-order valence-corrected chi connectivity index (χ0v) is 9.96. The van der Waals surface area contributed by atoms with Crippen molar-refractivity contribution in [3.63, 3.8) is 0 Å². The number of nitrogens with zero attached hydrogens (tertiary/aromatic N) is 2. The summed E-state index contributed by atoms with van der Waals surface area (Å²) in [5.41, 5.74) is 0.874. The number of rotatable bonds is 3. The number of aliphatic hydroxyl groups is 1. The van der Waals surface area contributed by atoms with E-state index in [0.717, 1.165) is 5.56 Å². The lowest BCUT2D eigenvalue weighted by atomic mass is 9.88. The summed E-state index contributed by atoms with van der Waals surface area (Å²) < 4.78 is 1.77. The molecule has 0 aromatic carbocycles. The molecule has 0 amide bonds. The Morgan fingerprint density at radius 1 is 1.75 bits per heavy atom. The summed E-state index contributed by atoms with van der Waals surface area (Å²) in [7, 11) is 1.51. The van der Waals surface area contributed by atoms with Crippen LogP contribution in [-0.2, 0) is 5.41 Å². The second kappa shape index (κ2) is 3.97. The van der Waals surface area contributed by atoms with Crippen molar-refractivity contribution in [2.75, 3.05) is 6.61 Å². The third-order valence-electron chi connectivity index (χ3n) is 1.81. The molecule has 3 nitrogen and oxygen atoms in total. The highest BCUT2D eigenvalue weighted by atomic mass is 127. The number of aromatic nitrogens is 2. The molecule has 5 heteroatoms. The van der Waals surface area contributed by atoms with E-state index in [1.807, 2.05) is 20.0 Å². The highest BCUT2D eigenvalue weighted by Crippen LogP contribution is 2.24. The van der Waals surface area contributed by atoms with Crippen LogP contribution in [0.3, 0.4) is 0 Å². The van der Waals surface area contributed by atoms with Gasteiger partial charge in [-0.15, -0.1) is 0 Å². The van der Waals surface area contributed by atoms with Gasteiger partial charge in [-0.05, 0) is 5.56 Å². The molecule has 0 unspecified atom stereocenters.